The minimum atomic E-state index is -3.47. The standard InChI is InChI=1S/C21H35ClN4O3S2/c1-2-9-24-13-15-25(16-14-24)10-3-8-23-20(27)17-18-6-11-26(12-7-18)31(28,29)21-5-4-19(22)30-21/h4-5,18H,2-3,6-17H2,1H3,(H,23,27). The van der Waals surface area contributed by atoms with Crippen molar-refractivity contribution in [3.05, 3.63) is 16.5 Å². The van der Waals surface area contributed by atoms with Crippen LogP contribution in [0.2, 0.25) is 4.34 Å². The Morgan fingerprint density at radius 2 is 1.74 bits per heavy atom. The highest BCUT2D eigenvalue weighted by atomic mass is 35.5. The van der Waals surface area contributed by atoms with Gasteiger partial charge in [0, 0.05) is 52.2 Å². The zero-order valence-electron chi connectivity index (χ0n) is 18.4. The predicted molar refractivity (Wildman–Crippen MR) is 126 cm³/mol. The van der Waals surface area contributed by atoms with E-state index in [0.717, 1.165) is 50.5 Å². The predicted octanol–water partition coefficient (Wildman–Crippen LogP) is 2.73. The minimum Gasteiger partial charge on any atom is -0.356 e. The SMILES string of the molecule is CCCN1CCN(CCCNC(=O)CC2CCN(S(=O)(=O)c3ccc(Cl)s3)CC2)CC1. The number of carbonyl (C=O) groups excluding carboxylic acids is 1. The van der Waals surface area contributed by atoms with Gasteiger partial charge in [-0.1, -0.05) is 18.5 Å². The number of hydrogen-bond donors (Lipinski definition) is 1. The number of rotatable bonds is 10. The van der Waals surface area contributed by atoms with Gasteiger partial charge in [0.1, 0.15) is 4.21 Å². The first kappa shape index (κ1) is 24.9. The maximum atomic E-state index is 12.7. The fourth-order valence-corrected chi connectivity index (χ4v) is 7.44. The van der Waals surface area contributed by atoms with E-state index in [2.05, 4.69) is 22.0 Å². The minimum absolute atomic E-state index is 0.0825. The lowest BCUT2D eigenvalue weighted by Gasteiger charge is -2.34. The molecule has 1 amide bonds. The number of halogens is 1. The normalized spacial score (nSPS) is 20.2. The monoisotopic (exact) mass is 490 g/mol. The van der Waals surface area contributed by atoms with Crippen LogP contribution in [0.5, 0.6) is 0 Å². The van der Waals surface area contributed by atoms with Crippen molar-refractivity contribution in [3.63, 3.8) is 0 Å². The molecule has 176 valence electrons. The largest absolute Gasteiger partial charge is 0.356 e. The van der Waals surface area contributed by atoms with Crippen LogP contribution in [-0.4, -0.2) is 87.3 Å². The van der Waals surface area contributed by atoms with E-state index in [0.29, 0.717) is 47.4 Å². The Labute approximate surface area is 195 Å². The van der Waals surface area contributed by atoms with E-state index < -0.39 is 10.0 Å². The summed E-state index contributed by atoms with van der Waals surface area (Å²) in [6.45, 7) is 10.6. The van der Waals surface area contributed by atoms with E-state index in [1.807, 2.05) is 0 Å². The number of amides is 1. The summed E-state index contributed by atoms with van der Waals surface area (Å²) in [4.78, 5) is 17.3. The summed E-state index contributed by atoms with van der Waals surface area (Å²) in [5, 5.41) is 3.05. The van der Waals surface area contributed by atoms with Crippen molar-refractivity contribution in [2.75, 3.05) is 58.9 Å². The van der Waals surface area contributed by atoms with Crippen LogP contribution in [0.1, 0.15) is 39.0 Å². The second-order valence-electron chi connectivity index (χ2n) is 8.50. The summed E-state index contributed by atoms with van der Waals surface area (Å²) in [7, 11) is -3.47. The molecule has 2 aliphatic heterocycles. The summed E-state index contributed by atoms with van der Waals surface area (Å²) in [5.74, 6) is 0.323. The Kier molecular flexibility index (Phi) is 9.61. The lowest BCUT2D eigenvalue weighted by atomic mass is 9.94. The van der Waals surface area contributed by atoms with E-state index in [4.69, 9.17) is 11.6 Å². The maximum absolute atomic E-state index is 12.7. The van der Waals surface area contributed by atoms with Crippen molar-refractivity contribution in [1.82, 2.24) is 19.4 Å². The zero-order valence-corrected chi connectivity index (χ0v) is 20.8. The summed E-state index contributed by atoms with van der Waals surface area (Å²) >= 11 is 6.98. The summed E-state index contributed by atoms with van der Waals surface area (Å²) in [6.07, 6.45) is 4.10. The van der Waals surface area contributed by atoms with E-state index in [1.54, 1.807) is 12.1 Å². The van der Waals surface area contributed by atoms with Crippen molar-refractivity contribution in [3.8, 4) is 0 Å². The van der Waals surface area contributed by atoms with Crippen molar-refractivity contribution < 1.29 is 13.2 Å². The Morgan fingerprint density at radius 3 is 2.32 bits per heavy atom. The topological polar surface area (TPSA) is 73.0 Å². The Hall–Kier alpha value is -0.710. The number of nitrogens with one attached hydrogen (secondary N) is 1. The smallest absolute Gasteiger partial charge is 0.252 e. The van der Waals surface area contributed by atoms with Gasteiger partial charge >= 0.3 is 0 Å². The number of hydrogen-bond acceptors (Lipinski definition) is 6. The van der Waals surface area contributed by atoms with Crippen LogP contribution < -0.4 is 5.32 Å². The number of piperidine rings is 1. The van der Waals surface area contributed by atoms with E-state index in [9.17, 15) is 13.2 Å². The van der Waals surface area contributed by atoms with Crippen LogP contribution in [0.3, 0.4) is 0 Å². The highest BCUT2D eigenvalue weighted by Gasteiger charge is 2.31. The van der Waals surface area contributed by atoms with E-state index in [-0.39, 0.29) is 11.8 Å². The van der Waals surface area contributed by atoms with Gasteiger partial charge in [-0.15, -0.1) is 11.3 Å². The first-order valence-electron chi connectivity index (χ1n) is 11.4. The molecule has 3 heterocycles. The number of thiophene rings is 1. The molecule has 2 aliphatic rings. The Balaban J connectivity index is 1.29. The second kappa shape index (κ2) is 12.0. The fourth-order valence-electron chi connectivity index (χ4n) is 4.33. The molecular formula is C21H35ClN4O3S2. The van der Waals surface area contributed by atoms with Crippen LogP contribution in [0.4, 0.5) is 0 Å². The molecule has 2 fully saturated rings. The van der Waals surface area contributed by atoms with Crippen molar-refractivity contribution in [2.24, 2.45) is 5.92 Å². The summed E-state index contributed by atoms with van der Waals surface area (Å²) < 4.78 is 27.6. The van der Waals surface area contributed by atoms with Gasteiger partial charge in [-0.25, -0.2) is 8.42 Å². The molecule has 1 aromatic heterocycles. The van der Waals surface area contributed by atoms with Crippen molar-refractivity contribution >= 4 is 38.9 Å². The van der Waals surface area contributed by atoms with Crippen LogP contribution in [0, 0.1) is 5.92 Å². The number of nitrogens with zero attached hydrogens (tertiary/aromatic N) is 3. The number of carbonyl (C=O) groups is 1. The molecule has 0 spiro atoms. The van der Waals surface area contributed by atoms with Gasteiger partial charge in [0.15, 0.2) is 0 Å². The van der Waals surface area contributed by atoms with Gasteiger partial charge in [0.05, 0.1) is 4.34 Å². The lowest BCUT2D eigenvalue weighted by Crippen LogP contribution is -2.47. The summed E-state index contributed by atoms with van der Waals surface area (Å²) in [5.41, 5.74) is 0. The molecule has 31 heavy (non-hydrogen) atoms. The molecule has 2 saturated heterocycles. The zero-order chi connectivity index (χ0) is 22.3. The molecule has 0 bridgehead atoms. The molecule has 0 aliphatic carbocycles. The first-order chi connectivity index (χ1) is 14.9. The molecule has 7 nitrogen and oxygen atoms in total. The second-order valence-corrected chi connectivity index (χ2v) is 12.4. The molecule has 0 radical (unpaired) electrons. The summed E-state index contributed by atoms with van der Waals surface area (Å²) in [6, 6.07) is 3.18. The van der Waals surface area contributed by atoms with E-state index >= 15 is 0 Å². The van der Waals surface area contributed by atoms with Gasteiger partial charge in [0.2, 0.25) is 5.91 Å². The molecule has 1 aromatic rings. The molecular weight excluding hydrogens is 456 g/mol. The third-order valence-corrected chi connectivity index (χ3v) is 9.77. The quantitative estimate of drug-likeness (QED) is 0.510. The highest BCUT2D eigenvalue weighted by molar-refractivity contribution is 7.91. The first-order valence-corrected chi connectivity index (χ1v) is 14.0. The average Bonchev–Trinajstić information content (AvgIpc) is 3.20. The lowest BCUT2D eigenvalue weighted by molar-refractivity contribution is -0.122. The highest BCUT2D eigenvalue weighted by Crippen LogP contribution is 2.31. The van der Waals surface area contributed by atoms with Gasteiger partial charge in [-0.2, -0.15) is 4.31 Å². The third-order valence-electron chi connectivity index (χ3n) is 6.17. The molecule has 0 saturated carbocycles. The maximum Gasteiger partial charge on any atom is 0.252 e. The van der Waals surface area contributed by atoms with E-state index in [1.165, 1.54) is 17.3 Å². The van der Waals surface area contributed by atoms with Gasteiger partial charge in [-0.3, -0.25) is 4.79 Å². The third kappa shape index (κ3) is 7.40. The Bertz CT molecular complexity index is 801. The number of sulfonamides is 1. The molecule has 1 N–H and O–H groups in total. The van der Waals surface area contributed by atoms with Gasteiger partial charge in [0.25, 0.3) is 10.0 Å². The van der Waals surface area contributed by atoms with Gasteiger partial charge in [-0.05, 0) is 56.8 Å². The van der Waals surface area contributed by atoms with Gasteiger partial charge < -0.3 is 15.1 Å². The van der Waals surface area contributed by atoms with Crippen LogP contribution in [0.15, 0.2) is 16.3 Å². The Morgan fingerprint density at radius 1 is 1.10 bits per heavy atom. The molecule has 0 aromatic carbocycles. The van der Waals surface area contributed by atoms with Crippen LogP contribution in [0.25, 0.3) is 0 Å². The van der Waals surface area contributed by atoms with Crippen LogP contribution >= 0.6 is 22.9 Å². The van der Waals surface area contributed by atoms with Crippen molar-refractivity contribution in [1.29, 1.82) is 0 Å². The fraction of sp³-hybridized carbons (Fsp3) is 0.762. The average molecular weight is 491 g/mol. The van der Waals surface area contributed by atoms with Crippen LogP contribution in [-0.2, 0) is 14.8 Å². The molecule has 0 unspecified atom stereocenters. The molecule has 10 heteroatoms. The van der Waals surface area contributed by atoms with Crippen molar-refractivity contribution in [2.45, 2.75) is 43.2 Å². The molecule has 0 atom stereocenters. The number of piperazine rings is 1. The molecule has 3 rings (SSSR count).